The summed E-state index contributed by atoms with van der Waals surface area (Å²) in [6.45, 7) is 2.49. The Hall–Kier alpha value is -2.76. The number of benzene rings is 1. The first-order valence-electron chi connectivity index (χ1n) is 9.12. The van der Waals surface area contributed by atoms with Gasteiger partial charge in [-0.15, -0.1) is 0 Å². The fraction of sp³-hybridized carbons (Fsp3) is 0.350. The molecule has 1 saturated heterocycles. The molecule has 0 aliphatic carbocycles. The SMILES string of the molecule is CC(NC(=O)C1CCN(S(=O)(=O)c2ccc(C#N)cc2)CC1)c1cccnc1. The number of nitrogens with one attached hydrogen (secondary N) is 1. The third kappa shape index (κ3) is 4.38. The van der Waals surface area contributed by atoms with E-state index in [9.17, 15) is 13.2 Å². The van der Waals surface area contributed by atoms with E-state index in [1.54, 1.807) is 12.4 Å². The van der Waals surface area contributed by atoms with E-state index < -0.39 is 10.0 Å². The molecule has 2 aromatic rings. The number of pyridine rings is 1. The van der Waals surface area contributed by atoms with Gasteiger partial charge in [0.1, 0.15) is 0 Å². The van der Waals surface area contributed by atoms with E-state index in [1.165, 1.54) is 28.6 Å². The summed E-state index contributed by atoms with van der Waals surface area (Å²) >= 11 is 0. The predicted octanol–water partition coefficient (Wildman–Crippen LogP) is 2.23. The number of amides is 1. The minimum Gasteiger partial charge on any atom is -0.349 e. The molecule has 146 valence electrons. The molecule has 1 aliphatic heterocycles. The first kappa shape index (κ1) is 20.0. The highest BCUT2D eigenvalue weighted by molar-refractivity contribution is 7.89. The Balaban J connectivity index is 1.59. The molecule has 0 radical (unpaired) electrons. The Kier molecular flexibility index (Phi) is 6.07. The average Bonchev–Trinajstić information content (AvgIpc) is 2.74. The van der Waals surface area contributed by atoms with Crippen molar-refractivity contribution in [3.05, 3.63) is 59.9 Å². The Morgan fingerprint density at radius 3 is 2.50 bits per heavy atom. The van der Waals surface area contributed by atoms with Gasteiger partial charge in [-0.25, -0.2) is 8.42 Å². The molecule has 2 heterocycles. The van der Waals surface area contributed by atoms with Crippen molar-refractivity contribution in [3.63, 3.8) is 0 Å². The fourth-order valence-corrected chi connectivity index (χ4v) is 4.73. The van der Waals surface area contributed by atoms with Gasteiger partial charge in [0.05, 0.1) is 22.6 Å². The van der Waals surface area contributed by atoms with Crippen LogP contribution in [0.2, 0.25) is 0 Å². The van der Waals surface area contributed by atoms with Crippen molar-refractivity contribution in [1.82, 2.24) is 14.6 Å². The van der Waals surface area contributed by atoms with Gasteiger partial charge in [-0.2, -0.15) is 9.57 Å². The van der Waals surface area contributed by atoms with Gasteiger partial charge in [0, 0.05) is 31.4 Å². The largest absolute Gasteiger partial charge is 0.349 e. The van der Waals surface area contributed by atoms with Crippen LogP contribution in [0.3, 0.4) is 0 Å². The quantitative estimate of drug-likeness (QED) is 0.832. The van der Waals surface area contributed by atoms with Crippen LogP contribution in [-0.2, 0) is 14.8 Å². The van der Waals surface area contributed by atoms with E-state index in [-0.39, 0.29) is 22.8 Å². The lowest BCUT2D eigenvalue weighted by atomic mass is 9.96. The van der Waals surface area contributed by atoms with Crippen molar-refractivity contribution in [2.75, 3.05) is 13.1 Å². The van der Waals surface area contributed by atoms with Crippen LogP contribution in [-0.4, -0.2) is 36.7 Å². The maximum Gasteiger partial charge on any atom is 0.243 e. The van der Waals surface area contributed by atoms with Crippen molar-refractivity contribution >= 4 is 15.9 Å². The van der Waals surface area contributed by atoms with Crippen molar-refractivity contribution in [3.8, 4) is 6.07 Å². The summed E-state index contributed by atoms with van der Waals surface area (Å²) in [6.07, 6.45) is 4.35. The number of sulfonamides is 1. The molecule has 28 heavy (non-hydrogen) atoms. The second-order valence-corrected chi connectivity index (χ2v) is 8.77. The van der Waals surface area contributed by atoms with Crippen LogP contribution >= 0.6 is 0 Å². The van der Waals surface area contributed by atoms with Crippen LogP contribution in [0, 0.1) is 17.2 Å². The molecule has 1 N–H and O–H groups in total. The zero-order chi connectivity index (χ0) is 20.1. The zero-order valence-electron chi connectivity index (χ0n) is 15.6. The number of nitrogens with zero attached hydrogens (tertiary/aromatic N) is 3. The van der Waals surface area contributed by atoms with Crippen molar-refractivity contribution < 1.29 is 13.2 Å². The molecule has 1 aromatic heterocycles. The van der Waals surface area contributed by atoms with Gasteiger partial charge in [0.15, 0.2) is 0 Å². The van der Waals surface area contributed by atoms with Crippen LogP contribution in [0.5, 0.6) is 0 Å². The zero-order valence-corrected chi connectivity index (χ0v) is 16.4. The third-order valence-electron chi connectivity index (χ3n) is 4.99. The van der Waals surface area contributed by atoms with Gasteiger partial charge in [-0.3, -0.25) is 9.78 Å². The average molecular weight is 398 g/mol. The maximum absolute atomic E-state index is 12.8. The van der Waals surface area contributed by atoms with Crippen LogP contribution in [0.4, 0.5) is 0 Å². The van der Waals surface area contributed by atoms with Gasteiger partial charge < -0.3 is 5.32 Å². The summed E-state index contributed by atoms with van der Waals surface area (Å²) in [6, 6.07) is 11.4. The molecular formula is C20H22N4O3S. The minimum absolute atomic E-state index is 0.0632. The molecule has 1 unspecified atom stereocenters. The molecule has 0 bridgehead atoms. The highest BCUT2D eigenvalue weighted by Gasteiger charge is 2.32. The monoisotopic (exact) mass is 398 g/mol. The van der Waals surface area contributed by atoms with E-state index >= 15 is 0 Å². The van der Waals surface area contributed by atoms with Gasteiger partial charge in [-0.05, 0) is 55.7 Å². The van der Waals surface area contributed by atoms with Crippen LogP contribution in [0.25, 0.3) is 0 Å². The summed E-state index contributed by atoms with van der Waals surface area (Å²) in [4.78, 5) is 16.8. The molecule has 1 fully saturated rings. The van der Waals surface area contributed by atoms with Gasteiger partial charge in [-0.1, -0.05) is 6.07 Å². The molecule has 8 heteroatoms. The first-order valence-corrected chi connectivity index (χ1v) is 10.6. The summed E-state index contributed by atoms with van der Waals surface area (Å²) in [5, 5.41) is 11.8. The maximum atomic E-state index is 12.8. The number of carbonyl (C=O) groups is 1. The fourth-order valence-electron chi connectivity index (χ4n) is 3.26. The number of rotatable bonds is 5. The highest BCUT2D eigenvalue weighted by atomic mass is 32.2. The van der Waals surface area contributed by atoms with Crippen molar-refractivity contribution in [2.24, 2.45) is 5.92 Å². The molecular weight excluding hydrogens is 376 g/mol. The summed E-state index contributed by atoms with van der Waals surface area (Å²) in [7, 11) is -3.62. The molecule has 1 aromatic carbocycles. The van der Waals surface area contributed by atoms with Crippen LogP contribution in [0.15, 0.2) is 53.7 Å². The standard InChI is InChI=1S/C20H22N4O3S/c1-15(18-3-2-10-22-14-18)23-20(25)17-8-11-24(12-9-17)28(26,27)19-6-4-16(13-21)5-7-19/h2-7,10,14-15,17H,8-9,11-12H2,1H3,(H,23,25). The first-order chi connectivity index (χ1) is 13.4. The smallest absolute Gasteiger partial charge is 0.243 e. The normalized spacial score (nSPS) is 16.9. The molecule has 1 aliphatic rings. The second kappa shape index (κ2) is 8.50. The van der Waals surface area contributed by atoms with Crippen LogP contribution < -0.4 is 5.32 Å². The third-order valence-corrected chi connectivity index (χ3v) is 6.90. The van der Waals surface area contributed by atoms with Crippen molar-refractivity contribution in [2.45, 2.75) is 30.7 Å². The Morgan fingerprint density at radius 2 is 1.93 bits per heavy atom. The summed E-state index contributed by atoms with van der Waals surface area (Å²) < 4.78 is 26.9. The highest BCUT2D eigenvalue weighted by Crippen LogP contribution is 2.25. The molecule has 0 saturated carbocycles. The Morgan fingerprint density at radius 1 is 1.25 bits per heavy atom. The number of hydrogen-bond acceptors (Lipinski definition) is 5. The molecule has 0 spiro atoms. The summed E-state index contributed by atoms with van der Waals surface area (Å²) in [5.41, 5.74) is 1.34. The minimum atomic E-state index is -3.62. The van der Waals surface area contributed by atoms with E-state index in [2.05, 4.69) is 10.3 Å². The van der Waals surface area contributed by atoms with Crippen LogP contribution in [0.1, 0.15) is 36.9 Å². The topological polar surface area (TPSA) is 103 Å². The molecule has 1 atom stereocenters. The lowest BCUT2D eigenvalue weighted by Crippen LogP contribution is -2.43. The lowest BCUT2D eigenvalue weighted by Gasteiger charge is -2.31. The summed E-state index contributed by atoms with van der Waals surface area (Å²) in [5.74, 6) is -0.279. The molecule has 7 nitrogen and oxygen atoms in total. The lowest BCUT2D eigenvalue weighted by molar-refractivity contribution is -0.126. The number of aromatic nitrogens is 1. The second-order valence-electron chi connectivity index (χ2n) is 6.83. The number of piperidine rings is 1. The Labute approximate surface area is 165 Å². The number of nitriles is 1. The molecule has 1 amide bonds. The number of hydrogen-bond donors (Lipinski definition) is 1. The predicted molar refractivity (Wildman–Crippen MR) is 103 cm³/mol. The van der Waals surface area contributed by atoms with Gasteiger partial charge in [0.2, 0.25) is 15.9 Å². The molecule has 3 rings (SSSR count). The van der Waals surface area contributed by atoms with Crippen molar-refractivity contribution in [1.29, 1.82) is 5.26 Å². The Bertz CT molecular complexity index is 961. The van der Waals surface area contributed by atoms with E-state index in [0.717, 1.165) is 5.56 Å². The van der Waals surface area contributed by atoms with E-state index in [4.69, 9.17) is 5.26 Å². The van der Waals surface area contributed by atoms with E-state index in [1.807, 2.05) is 25.1 Å². The number of carbonyl (C=O) groups excluding carboxylic acids is 1. The van der Waals surface area contributed by atoms with E-state index in [0.29, 0.717) is 31.5 Å². The van der Waals surface area contributed by atoms with Gasteiger partial charge >= 0.3 is 0 Å². The van der Waals surface area contributed by atoms with Gasteiger partial charge in [0.25, 0.3) is 0 Å².